The molecule has 0 saturated heterocycles. The predicted molar refractivity (Wildman–Crippen MR) is 70.9 cm³/mol. The molecular weight excluding hydrogens is 339 g/mol. The summed E-state index contributed by atoms with van der Waals surface area (Å²) in [5.41, 5.74) is 5.01. The minimum Gasteiger partial charge on any atom is -0.368 e. The first kappa shape index (κ1) is 15.6. The van der Waals surface area contributed by atoms with Gasteiger partial charge in [0.05, 0.1) is 0 Å². The lowest BCUT2D eigenvalue weighted by molar-refractivity contribution is -0.119. The number of terminal acetylenes is 1. The molecule has 0 bridgehead atoms. The highest BCUT2D eigenvalue weighted by molar-refractivity contribution is 9.10. The first-order valence-corrected chi connectivity index (χ1v) is 7.25. The van der Waals surface area contributed by atoms with E-state index in [0.29, 0.717) is 4.47 Å². The van der Waals surface area contributed by atoms with Crippen LogP contribution in [0.25, 0.3) is 0 Å². The van der Waals surface area contributed by atoms with Gasteiger partial charge in [-0.2, -0.15) is 4.72 Å². The van der Waals surface area contributed by atoms with Gasteiger partial charge in [0, 0.05) is 10.9 Å². The van der Waals surface area contributed by atoms with Crippen molar-refractivity contribution in [2.75, 3.05) is 0 Å². The number of carbonyl (C=O) groups is 1. The molecule has 0 fully saturated rings. The molecule has 0 saturated carbocycles. The first-order valence-electron chi connectivity index (χ1n) is 4.98. The third-order valence-corrected chi connectivity index (χ3v) is 4.14. The molecule has 5 nitrogen and oxygen atoms in total. The Labute approximate surface area is 118 Å². The summed E-state index contributed by atoms with van der Waals surface area (Å²) in [6.45, 7) is 0. The molecule has 0 aliphatic rings. The van der Waals surface area contributed by atoms with Gasteiger partial charge in [-0.05, 0) is 18.2 Å². The van der Waals surface area contributed by atoms with Gasteiger partial charge in [0.2, 0.25) is 15.9 Å². The fourth-order valence-electron chi connectivity index (χ4n) is 1.26. The number of halogens is 2. The lowest BCUT2D eigenvalue weighted by Crippen LogP contribution is -2.44. The largest absolute Gasteiger partial charge is 0.368 e. The van der Waals surface area contributed by atoms with Crippen molar-refractivity contribution in [3.63, 3.8) is 0 Å². The number of nitrogens with two attached hydrogens (primary N) is 1. The standard InChI is InChI=1S/C11H10BrFN2O3S/c1-2-3-9(11(14)16)15-19(17,18)10-5-4-7(12)6-8(10)13/h1,4-6,9,15H,3H2,(H2,14,16)/t9-/m1/s1. The molecule has 1 atom stereocenters. The van der Waals surface area contributed by atoms with Crippen LogP contribution >= 0.6 is 15.9 Å². The van der Waals surface area contributed by atoms with Crippen LogP contribution in [0.5, 0.6) is 0 Å². The Morgan fingerprint density at radius 3 is 2.68 bits per heavy atom. The second-order valence-corrected chi connectivity index (χ2v) is 6.16. The molecule has 19 heavy (non-hydrogen) atoms. The zero-order chi connectivity index (χ0) is 14.6. The lowest BCUT2D eigenvalue weighted by Gasteiger charge is -2.13. The van der Waals surface area contributed by atoms with Gasteiger partial charge in [0.1, 0.15) is 16.8 Å². The molecule has 0 aliphatic carbocycles. The summed E-state index contributed by atoms with van der Waals surface area (Å²) in [5, 5.41) is 0. The van der Waals surface area contributed by atoms with Crippen LogP contribution < -0.4 is 10.5 Å². The van der Waals surface area contributed by atoms with Crippen LogP contribution in [0, 0.1) is 18.2 Å². The summed E-state index contributed by atoms with van der Waals surface area (Å²) >= 11 is 3.01. The van der Waals surface area contributed by atoms with Crippen LogP contribution in [-0.4, -0.2) is 20.4 Å². The third kappa shape index (κ3) is 4.02. The zero-order valence-corrected chi connectivity index (χ0v) is 12.0. The highest BCUT2D eigenvalue weighted by Crippen LogP contribution is 2.19. The van der Waals surface area contributed by atoms with E-state index in [-0.39, 0.29) is 6.42 Å². The highest BCUT2D eigenvalue weighted by atomic mass is 79.9. The van der Waals surface area contributed by atoms with Crippen molar-refractivity contribution in [1.29, 1.82) is 0 Å². The molecule has 1 rings (SSSR count). The van der Waals surface area contributed by atoms with Gasteiger partial charge in [-0.15, -0.1) is 12.3 Å². The lowest BCUT2D eigenvalue weighted by atomic mass is 10.2. The Morgan fingerprint density at radius 1 is 1.58 bits per heavy atom. The van der Waals surface area contributed by atoms with Crippen molar-refractivity contribution in [2.45, 2.75) is 17.4 Å². The number of benzene rings is 1. The number of rotatable bonds is 5. The molecule has 0 aromatic heterocycles. The van der Waals surface area contributed by atoms with Gasteiger partial charge >= 0.3 is 0 Å². The van der Waals surface area contributed by atoms with Gasteiger partial charge in [-0.3, -0.25) is 4.79 Å². The van der Waals surface area contributed by atoms with Crippen molar-refractivity contribution in [2.24, 2.45) is 5.73 Å². The number of amides is 1. The van der Waals surface area contributed by atoms with E-state index in [1.807, 2.05) is 4.72 Å². The maximum atomic E-state index is 13.6. The van der Waals surface area contributed by atoms with Gasteiger partial charge in [-0.25, -0.2) is 12.8 Å². The van der Waals surface area contributed by atoms with Gasteiger partial charge in [-0.1, -0.05) is 15.9 Å². The number of hydrogen-bond donors (Lipinski definition) is 2. The van der Waals surface area contributed by atoms with E-state index in [0.717, 1.165) is 12.1 Å². The molecule has 0 heterocycles. The van der Waals surface area contributed by atoms with Crippen LogP contribution in [0.2, 0.25) is 0 Å². The third-order valence-electron chi connectivity index (χ3n) is 2.15. The smallest absolute Gasteiger partial charge is 0.244 e. The first-order chi connectivity index (χ1) is 8.77. The molecule has 0 radical (unpaired) electrons. The van der Waals surface area contributed by atoms with Crippen LogP contribution in [0.3, 0.4) is 0 Å². The van der Waals surface area contributed by atoms with E-state index >= 15 is 0 Å². The van der Waals surface area contributed by atoms with E-state index in [4.69, 9.17) is 12.2 Å². The van der Waals surface area contributed by atoms with Gasteiger partial charge < -0.3 is 5.73 Å². The quantitative estimate of drug-likeness (QED) is 0.769. The maximum absolute atomic E-state index is 13.6. The average Bonchev–Trinajstić information content (AvgIpc) is 2.27. The fourth-order valence-corrected chi connectivity index (χ4v) is 2.86. The number of sulfonamides is 1. The van der Waals surface area contributed by atoms with Crippen LogP contribution in [0.15, 0.2) is 27.6 Å². The molecule has 0 aliphatic heterocycles. The van der Waals surface area contributed by atoms with Crippen LogP contribution in [0.4, 0.5) is 4.39 Å². The number of hydrogen-bond acceptors (Lipinski definition) is 3. The zero-order valence-electron chi connectivity index (χ0n) is 9.56. The molecule has 1 amide bonds. The summed E-state index contributed by atoms with van der Waals surface area (Å²) in [5.74, 6) is 0.233. The fraction of sp³-hybridized carbons (Fsp3) is 0.182. The van der Waals surface area contributed by atoms with Gasteiger partial charge in [0.15, 0.2) is 0 Å². The Kier molecular flexibility index (Phi) is 5.05. The van der Waals surface area contributed by atoms with E-state index < -0.39 is 32.7 Å². The molecule has 1 aromatic rings. The van der Waals surface area contributed by atoms with E-state index in [2.05, 4.69) is 21.9 Å². The van der Waals surface area contributed by atoms with E-state index in [1.165, 1.54) is 6.07 Å². The second-order valence-electron chi connectivity index (χ2n) is 3.56. The normalized spacial score (nSPS) is 12.7. The molecule has 0 unspecified atom stereocenters. The Balaban J connectivity index is 3.11. The summed E-state index contributed by atoms with van der Waals surface area (Å²) in [7, 11) is -4.22. The molecular formula is C11H10BrFN2O3S. The topological polar surface area (TPSA) is 89.3 Å². The van der Waals surface area contributed by atoms with Crippen LogP contribution in [-0.2, 0) is 14.8 Å². The highest BCUT2D eigenvalue weighted by Gasteiger charge is 2.25. The summed E-state index contributed by atoms with van der Waals surface area (Å²) in [6.07, 6.45) is 4.79. The van der Waals surface area contributed by atoms with Gasteiger partial charge in [0.25, 0.3) is 0 Å². The Hall–Kier alpha value is -1.43. The van der Waals surface area contributed by atoms with Crippen LogP contribution in [0.1, 0.15) is 6.42 Å². The predicted octanol–water partition coefficient (Wildman–Crippen LogP) is 0.744. The maximum Gasteiger partial charge on any atom is 0.244 e. The van der Waals surface area contributed by atoms with Crippen molar-refractivity contribution in [1.82, 2.24) is 4.72 Å². The SMILES string of the molecule is C#CC[C@@H](NS(=O)(=O)c1ccc(Br)cc1F)C(N)=O. The van der Waals surface area contributed by atoms with Crippen molar-refractivity contribution >= 4 is 31.9 Å². The second kappa shape index (κ2) is 6.14. The summed E-state index contributed by atoms with van der Waals surface area (Å²) < 4.78 is 39.8. The minimum atomic E-state index is -4.22. The minimum absolute atomic E-state index is 0.216. The number of primary amides is 1. The number of nitrogens with one attached hydrogen (secondary N) is 1. The van der Waals surface area contributed by atoms with E-state index in [1.54, 1.807) is 0 Å². The van der Waals surface area contributed by atoms with Crippen molar-refractivity contribution in [3.8, 4) is 12.3 Å². The molecule has 102 valence electrons. The van der Waals surface area contributed by atoms with Crippen molar-refractivity contribution in [3.05, 3.63) is 28.5 Å². The monoisotopic (exact) mass is 348 g/mol. The van der Waals surface area contributed by atoms with Crippen molar-refractivity contribution < 1.29 is 17.6 Å². The molecule has 0 spiro atoms. The Morgan fingerprint density at radius 2 is 2.21 bits per heavy atom. The summed E-state index contributed by atoms with van der Waals surface area (Å²) in [4.78, 5) is 10.5. The average molecular weight is 349 g/mol. The Bertz CT molecular complexity index is 640. The summed E-state index contributed by atoms with van der Waals surface area (Å²) in [6, 6.07) is 2.14. The van der Waals surface area contributed by atoms with E-state index in [9.17, 15) is 17.6 Å². The number of carbonyl (C=O) groups excluding carboxylic acids is 1. The molecule has 3 N–H and O–H groups in total. The molecule has 8 heteroatoms. The molecule has 1 aromatic carbocycles.